The fraction of sp³-hybridized carbons (Fsp3) is 0.500. The van der Waals surface area contributed by atoms with Gasteiger partial charge in [0.1, 0.15) is 0 Å². The molecule has 3 rings (SSSR count). The van der Waals surface area contributed by atoms with E-state index in [-0.39, 0.29) is 5.91 Å². The first-order chi connectivity index (χ1) is 12.2. The topological polar surface area (TPSA) is 85.8 Å². The Morgan fingerprint density at radius 3 is 2.84 bits per heavy atom. The Hall–Kier alpha value is -2.02. The maximum absolute atomic E-state index is 12.2. The molecule has 6 nitrogen and oxygen atoms in total. The van der Waals surface area contributed by atoms with Crippen LogP contribution in [-0.2, 0) is 11.3 Å². The molecule has 0 radical (unpaired) electrons. The first kappa shape index (κ1) is 17.8. The highest BCUT2D eigenvalue weighted by atomic mass is 32.2. The Balaban J connectivity index is 1.63. The number of nitrogens with zero attached hydrogens (tertiary/aromatic N) is 3. The first-order valence-corrected chi connectivity index (χ1v) is 9.87. The lowest BCUT2D eigenvalue weighted by Gasteiger charge is -2.22. The van der Waals surface area contributed by atoms with Crippen molar-refractivity contribution in [2.24, 2.45) is 0 Å². The van der Waals surface area contributed by atoms with E-state index >= 15 is 0 Å². The number of nitrogens with two attached hydrogens (primary N) is 1. The van der Waals surface area contributed by atoms with E-state index in [1.807, 2.05) is 35.8 Å². The van der Waals surface area contributed by atoms with Crippen molar-refractivity contribution < 1.29 is 4.79 Å². The van der Waals surface area contributed by atoms with Crippen LogP contribution in [0, 0.1) is 0 Å². The number of thioether (sulfide) groups is 1. The Bertz CT molecular complexity index is 724. The van der Waals surface area contributed by atoms with Crippen molar-refractivity contribution in [3.63, 3.8) is 0 Å². The van der Waals surface area contributed by atoms with E-state index in [1.165, 1.54) is 31.0 Å². The SMILES string of the molecule is CCn1c(SCC(=O)NC2CCCCC2)nnc1-c1cccc(N)c1. The molecule has 1 aliphatic rings. The minimum absolute atomic E-state index is 0.0769. The molecule has 1 heterocycles. The summed E-state index contributed by atoms with van der Waals surface area (Å²) in [5.74, 6) is 1.23. The van der Waals surface area contributed by atoms with E-state index < -0.39 is 0 Å². The lowest BCUT2D eigenvalue weighted by molar-refractivity contribution is -0.119. The van der Waals surface area contributed by atoms with Gasteiger partial charge < -0.3 is 15.6 Å². The third-order valence-corrected chi connectivity index (χ3v) is 5.45. The average molecular weight is 359 g/mol. The van der Waals surface area contributed by atoms with Gasteiger partial charge in [0, 0.05) is 23.8 Å². The van der Waals surface area contributed by atoms with E-state index in [0.29, 0.717) is 17.5 Å². The fourth-order valence-corrected chi connectivity index (χ4v) is 4.03. The molecule has 7 heteroatoms. The number of amides is 1. The molecule has 1 saturated carbocycles. The van der Waals surface area contributed by atoms with Crippen molar-refractivity contribution in [1.29, 1.82) is 0 Å². The van der Waals surface area contributed by atoms with Crippen LogP contribution in [0.3, 0.4) is 0 Å². The number of carbonyl (C=O) groups is 1. The van der Waals surface area contributed by atoms with Crippen LogP contribution in [-0.4, -0.2) is 32.5 Å². The number of nitrogen functional groups attached to an aromatic ring is 1. The summed E-state index contributed by atoms with van der Waals surface area (Å²) < 4.78 is 2.02. The van der Waals surface area contributed by atoms with Crippen LogP contribution < -0.4 is 11.1 Å². The standard InChI is InChI=1S/C18H25N5OS/c1-2-23-17(13-7-6-8-14(19)11-13)21-22-18(23)25-12-16(24)20-15-9-4-3-5-10-15/h6-8,11,15H,2-5,9-10,12,19H2,1H3,(H,20,24). The molecule has 1 fully saturated rings. The maximum atomic E-state index is 12.2. The van der Waals surface area contributed by atoms with Gasteiger partial charge in [-0.3, -0.25) is 4.79 Å². The summed E-state index contributed by atoms with van der Waals surface area (Å²) in [6.45, 7) is 2.79. The van der Waals surface area contributed by atoms with Gasteiger partial charge in [-0.25, -0.2) is 0 Å². The van der Waals surface area contributed by atoms with Crippen molar-refractivity contribution in [3.05, 3.63) is 24.3 Å². The number of carbonyl (C=O) groups excluding carboxylic acids is 1. The predicted octanol–water partition coefficient (Wildman–Crippen LogP) is 3.09. The molecule has 134 valence electrons. The quantitative estimate of drug-likeness (QED) is 0.611. The minimum atomic E-state index is 0.0769. The van der Waals surface area contributed by atoms with E-state index in [0.717, 1.165) is 35.9 Å². The van der Waals surface area contributed by atoms with Gasteiger partial charge in [0.2, 0.25) is 5.91 Å². The molecule has 0 bridgehead atoms. The number of rotatable bonds is 6. The maximum Gasteiger partial charge on any atom is 0.230 e. The largest absolute Gasteiger partial charge is 0.399 e. The molecule has 0 spiro atoms. The molecule has 1 aliphatic carbocycles. The molecule has 0 unspecified atom stereocenters. The molecular formula is C18H25N5OS. The molecule has 0 atom stereocenters. The second-order valence-corrected chi connectivity index (χ2v) is 7.31. The van der Waals surface area contributed by atoms with Gasteiger partial charge in [-0.15, -0.1) is 10.2 Å². The Labute approximate surface area is 152 Å². The van der Waals surface area contributed by atoms with Crippen LogP contribution in [0.25, 0.3) is 11.4 Å². The number of nitrogens with one attached hydrogen (secondary N) is 1. The Morgan fingerprint density at radius 1 is 1.32 bits per heavy atom. The molecule has 25 heavy (non-hydrogen) atoms. The van der Waals surface area contributed by atoms with Gasteiger partial charge in [-0.1, -0.05) is 43.2 Å². The number of benzene rings is 1. The fourth-order valence-electron chi connectivity index (χ4n) is 3.22. The van der Waals surface area contributed by atoms with E-state index in [2.05, 4.69) is 15.5 Å². The van der Waals surface area contributed by atoms with Crippen LogP contribution in [0.5, 0.6) is 0 Å². The summed E-state index contributed by atoms with van der Waals surface area (Å²) in [6.07, 6.45) is 5.91. The van der Waals surface area contributed by atoms with Crippen molar-refractivity contribution in [1.82, 2.24) is 20.1 Å². The average Bonchev–Trinajstić information content (AvgIpc) is 3.04. The summed E-state index contributed by atoms with van der Waals surface area (Å²) in [5, 5.41) is 12.5. The lowest BCUT2D eigenvalue weighted by atomic mass is 9.95. The van der Waals surface area contributed by atoms with Crippen LogP contribution >= 0.6 is 11.8 Å². The molecule has 0 aliphatic heterocycles. The number of hydrogen-bond acceptors (Lipinski definition) is 5. The van der Waals surface area contributed by atoms with Crippen LogP contribution in [0.15, 0.2) is 29.4 Å². The third-order valence-electron chi connectivity index (χ3n) is 4.48. The summed E-state index contributed by atoms with van der Waals surface area (Å²) in [6, 6.07) is 7.95. The molecule has 2 aromatic rings. The highest BCUT2D eigenvalue weighted by molar-refractivity contribution is 7.99. The lowest BCUT2D eigenvalue weighted by Crippen LogP contribution is -2.37. The molecule has 1 aromatic heterocycles. The highest BCUT2D eigenvalue weighted by Gasteiger charge is 2.18. The van der Waals surface area contributed by atoms with Crippen LogP contribution in [0.4, 0.5) is 5.69 Å². The second kappa shape index (κ2) is 8.38. The third kappa shape index (κ3) is 4.54. The number of aromatic nitrogens is 3. The molecule has 0 saturated heterocycles. The van der Waals surface area contributed by atoms with Crippen molar-refractivity contribution in [3.8, 4) is 11.4 Å². The zero-order chi connectivity index (χ0) is 17.6. The highest BCUT2D eigenvalue weighted by Crippen LogP contribution is 2.25. The zero-order valence-corrected chi connectivity index (χ0v) is 15.4. The van der Waals surface area contributed by atoms with Gasteiger partial charge in [0.25, 0.3) is 0 Å². The second-order valence-electron chi connectivity index (χ2n) is 6.37. The van der Waals surface area contributed by atoms with Crippen molar-refractivity contribution in [2.75, 3.05) is 11.5 Å². The Kier molecular flexibility index (Phi) is 5.96. The van der Waals surface area contributed by atoms with Gasteiger partial charge in [0.15, 0.2) is 11.0 Å². The van der Waals surface area contributed by atoms with Gasteiger partial charge in [-0.2, -0.15) is 0 Å². The van der Waals surface area contributed by atoms with Crippen molar-refractivity contribution in [2.45, 2.75) is 56.8 Å². The molecular weight excluding hydrogens is 334 g/mol. The summed E-state index contributed by atoms with van der Waals surface area (Å²) in [5.41, 5.74) is 7.50. The van der Waals surface area contributed by atoms with Crippen LogP contribution in [0.1, 0.15) is 39.0 Å². The number of hydrogen-bond donors (Lipinski definition) is 2. The number of anilines is 1. The monoisotopic (exact) mass is 359 g/mol. The Morgan fingerprint density at radius 2 is 2.12 bits per heavy atom. The zero-order valence-electron chi connectivity index (χ0n) is 14.6. The molecule has 1 amide bonds. The smallest absolute Gasteiger partial charge is 0.230 e. The summed E-state index contributed by atoms with van der Waals surface area (Å²) in [4.78, 5) is 12.2. The van der Waals surface area contributed by atoms with Gasteiger partial charge in [0.05, 0.1) is 5.75 Å². The summed E-state index contributed by atoms with van der Waals surface area (Å²) >= 11 is 1.43. The van der Waals surface area contributed by atoms with E-state index in [1.54, 1.807) is 0 Å². The van der Waals surface area contributed by atoms with Crippen molar-refractivity contribution >= 4 is 23.4 Å². The normalized spacial score (nSPS) is 15.2. The minimum Gasteiger partial charge on any atom is -0.399 e. The van der Waals surface area contributed by atoms with E-state index in [4.69, 9.17) is 5.73 Å². The summed E-state index contributed by atoms with van der Waals surface area (Å²) in [7, 11) is 0. The predicted molar refractivity (Wildman–Crippen MR) is 101 cm³/mol. The van der Waals surface area contributed by atoms with Gasteiger partial charge in [-0.05, 0) is 31.9 Å². The molecule has 3 N–H and O–H groups in total. The first-order valence-electron chi connectivity index (χ1n) is 8.88. The van der Waals surface area contributed by atoms with Gasteiger partial charge >= 0.3 is 0 Å². The van der Waals surface area contributed by atoms with Crippen LogP contribution in [0.2, 0.25) is 0 Å². The molecule has 1 aromatic carbocycles. The van der Waals surface area contributed by atoms with E-state index in [9.17, 15) is 4.79 Å².